The largest absolute Gasteiger partial charge is 0.463 e. The lowest BCUT2D eigenvalue weighted by Crippen LogP contribution is -2.21. The Kier molecular flexibility index (Phi) is 6.72. The van der Waals surface area contributed by atoms with E-state index in [1.165, 1.54) is 11.8 Å². The van der Waals surface area contributed by atoms with Crippen LogP contribution in [0.4, 0.5) is 0 Å². The molecule has 2 aromatic carbocycles. The summed E-state index contributed by atoms with van der Waals surface area (Å²) in [6.45, 7) is 3.79. The molecule has 4 rings (SSSR count). The van der Waals surface area contributed by atoms with Crippen LogP contribution in [0.5, 0.6) is 0 Å². The van der Waals surface area contributed by atoms with Crippen LogP contribution >= 0.6 is 23.4 Å². The minimum absolute atomic E-state index is 0.125. The first-order valence-electron chi connectivity index (χ1n) is 9.79. The van der Waals surface area contributed by atoms with E-state index in [1.807, 2.05) is 60.0 Å². The number of furan rings is 1. The molecule has 2 aromatic heterocycles. The fraction of sp³-hybridized carbons (Fsp3) is 0.130. The summed E-state index contributed by atoms with van der Waals surface area (Å²) in [5.74, 6) is 1.14. The Morgan fingerprint density at radius 2 is 1.88 bits per heavy atom. The SMILES string of the molecule is CC(=NNC(=O)CSc1nnc(-c2ccc(Cl)cc2)n1-c1ccc(C)cc1)c1ccco1. The standard InChI is InChI=1S/C23H20ClN5O2S/c1-15-5-11-19(12-6-15)29-22(17-7-9-18(24)10-8-17)27-28-23(29)32-14-21(30)26-25-16(2)20-4-3-13-31-20/h3-13H,14H2,1-2H3,(H,26,30). The molecular weight excluding hydrogens is 446 g/mol. The number of carbonyl (C=O) groups excluding carboxylic acids is 1. The van der Waals surface area contributed by atoms with E-state index in [9.17, 15) is 4.79 Å². The Labute approximate surface area is 194 Å². The van der Waals surface area contributed by atoms with Crippen LogP contribution < -0.4 is 5.43 Å². The molecule has 0 atom stereocenters. The Morgan fingerprint density at radius 3 is 2.56 bits per heavy atom. The Bertz CT molecular complexity index is 1230. The monoisotopic (exact) mass is 465 g/mol. The normalized spacial score (nSPS) is 11.5. The van der Waals surface area contributed by atoms with Crippen molar-refractivity contribution in [2.75, 3.05) is 5.75 Å². The number of nitrogens with zero attached hydrogens (tertiary/aromatic N) is 4. The van der Waals surface area contributed by atoms with Crippen LogP contribution in [-0.2, 0) is 4.79 Å². The van der Waals surface area contributed by atoms with Crippen molar-refractivity contribution in [1.82, 2.24) is 20.2 Å². The second kappa shape index (κ2) is 9.84. The molecule has 0 aliphatic carbocycles. The third kappa shape index (κ3) is 5.09. The lowest BCUT2D eigenvalue weighted by Gasteiger charge is -2.11. The predicted octanol–water partition coefficient (Wildman–Crippen LogP) is 5.12. The van der Waals surface area contributed by atoms with Crippen molar-refractivity contribution in [3.8, 4) is 17.1 Å². The lowest BCUT2D eigenvalue weighted by atomic mass is 10.2. The summed E-state index contributed by atoms with van der Waals surface area (Å²) in [7, 11) is 0. The summed E-state index contributed by atoms with van der Waals surface area (Å²) in [6.07, 6.45) is 1.56. The first kappa shape index (κ1) is 21.9. The summed E-state index contributed by atoms with van der Waals surface area (Å²) in [5.41, 5.74) is 6.05. The topological polar surface area (TPSA) is 85.3 Å². The van der Waals surface area contributed by atoms with Crippen molar-refractivity contribution in [2.45, 2.75) is 19.0 Å². The van der Waals surface area contributed by atoms with E-state index < -0.39 is 0 Å². The molecule has 0 radical (unpaired) electrons. The van der Waals surface area contributed by atoms with Gasteiger partial charge in [-0.2, -0.15) is 5.10 Å². The smallest absolute Gasteiger partial charge is 0.250 e. The van der Waals surface area contributed by atoms with Gasteiger partial charge in [0.25, 0.3) is 5.91 Å². The van der Waals surface area contributed by atoms with Gasteiger partial charge in [0, 0.05) is 16.3 Å². The van der Waals surface area contributed by atoms with Gasteiger partial charge in [-0.05, 0) is 62.4 Å². The molecule has 0 aliphatic rings. The fourth-order valence-electron chi connectivity index (χ4n) is 2.92. The number of hydrazone groups is 1. The van der Waals surface area contributed by atoms with Gasteiger partial charge >= 0.3 is 0 Å². The molecule has 2 heterocycles. The zero-order valence-corrected chi connectivity index (χ0v) is 19.0. The number of rotatable bonds is 7. The van der Waals surface area contributed by atoms with Crippen LogP contribution in [0.15, 0.2) is 81.6 Å². The lowest BCUT2D eigenvalue weighted by molar-refractivity contribution is -0.118. The molecule has 4 aromatic rings. The molecule has 32 heavy (non-hydrogen) atoms. The van der Waals surface area contributed by atoms with E-state index in [-0.39, 0.29) is 11.7 Å². The van der Waals surface area contributed by atoms with Crippen molar-refractivity contribution in [2.24, 2.45) is 5.10 Å². The maximum absolute atomic E-state index is 12.4. The Balaban J connectivity index is 1.55. The Morgan fingerprint density at radius 1 is 1.12 bits per heavy atom. The molecule has 1 amide bonds. The molecule has 0 saturated carbocycles. The molecule has 0 saturated heterocycles. The van der Waals surface area contributed by atoms with Crippen molar-refractivity contribution in [3.05, 3.63) is 83.3 Å². The van der Waals surface area contributed by atoms with E-state index in [2.05, 4.69) is 20.7 Å². The van der Waals surface area contributed by atoms with Crippen LogP contribution in [0.1, 0.15) is 18.2 Å². The highest BCUT2D eigenvalue weighted by Crippen LogP contribution is 2.28. The number of aromatic nitrogens is 3. The molecule has 7 nitrogen and oxygen atoms in total. The van der Waals surface area contributed by atoms with Crippen molar-refractivity contribution in [3.63, 3.8) is 0 Å². The minimum atomic E-state index is -0.257. The number of nitrogens with one attached hydrogen (secondary N) is 1. The summed E-state index contributed by atoms with van der Waals surface area (Å²) in [5, 5.41) is 14.0. The number of thioether (sulfide) groups is 1. The molecule has 9 heteroatoms. The highest BCUT2D eigenvalue weighted by molar-refractivity contribution is 7.99. The van der Waals surface area contributed by atoms with Gasteiger partial charge in [-0.25, -0.2) is 5.43 Å². The van der Waals surface area contributed by atoms with Gasteiger partial charge in [-0.1, -0.05) is 41.1 Å². The molecule has 0 bridgehead atoms. The third-order valence-corrected chi connectivity index (χ3v) is 5.77. The third-order valence-electron chi connectivity index (χ3n) is 4.59. The summed E-state index contributed by atoms with van der Waals surface area (Å²) in [4.78, 5) is 12.4. The number of benzene rings is 2. The predicted molar refractivity (Wildman–Crippen MR) is 126 cm³/mol. The van der Waals surface area contributed by atoms with Gasteiger partial charge in [0.2, 0.25) is 0 Å². The maximum atomic E-state index is 12.4. The number of carbonyl (C=O) groups is 1. The number of hydrogen-bond acceptors (Lipinski definition) is 6. The fourth-order valence-corrected chi connectivity index (χ4v) is 3.79. The van der Waals surface area contributed by atoms with Gasteiger partial charge in [0.1, 0.15) is 11.5 Å². The van der Waals surface area contributed by atoms with Crippen LogP contribution in [0.2, 0.25) is 5.02 Å². The van der Waals surface area contributed by atoms with Crippen molar-refractivity contribution < 1.29 is 9.21 Å². The molecule has 162 valence electrons. The van der Waals surface area contributed by atoms with E-state index in [1.54, 1.807) is 25.3 Å². The Hall–Kier alpha value is -3.36. The highest BCUT2D eigenvalue weighted by Gasteiger charge is 2.17. The van der Waals surface area contributed by atoms with E-state index in [0.717, 1.165) is 16.8 Å². The van der Waals surface area contributed by atoms with Crippen LogP contribution in [0.3, 0.4) is 0 Å². The molecule has 0 spiro atoms. The van der Waals surface area contributed by atoms with Crippen LogP contribution in [-0.4, -0.2) is 32.1 Å². The van der Waals surface area contributed by atoms with Crippen LogP contribution in [0, 0.1) is 6.92 Å². The second-order valence-corrected chi connectivity index (χ2v) is 8.36. The van der Waals surface area contributed by atoms with E-state index in [0.29, 0.717) is 27.5 Å². The van der Waals surface area contributed by atoms with Crippen molar-refractivity contribution >= 4 is 35.0 Å². The molecule has 0 unspecified atom stereocenters. The van der Waals surface area contributed by atoms with Gasteiger partial charge in [-0.3, -0.25) is 9.36 Å². The molecule has 1 N–H and O–H groups in total. The van der Waals surface area contributed by atoms with Crippen LogP contribution in [0.25, 0.3) is 17.1 Å². The maximum Gasteiger partial charge on any atom is 0.250 e. The molecule has 0 fully saturated rings. The summed E-state index contributed by atoms with van der Waals surface area (Å²) in [6, 6.07) is 19.0. The summed E-state index contributed by atoms with van der Waals surface area (Å²) < 4.78 is 7.19. The van der Waals surface area contributed by atoms with Gasteiger partial charge in [-0.15, -0.1) is 10.2 Å². The van der Waals surface area contributed by atoms with Crippen molar-refractivity contribution in [1.29, 1.82) is 0 Å². The summed E-state index contributed by atoms with van der Waals surface area (Å²) >= 11 is 7.32. The van der Waals surface area contributed by atoms with Gasteiger partial charge in [0.15, 0.2) is 11.0 Å². The number of aryl methyl sites for hydroxylation is 1. The zero-order chi connectivity index (χ0) is 22.5. The zero-order valence-electron chi connectivity index (χ0n) is 17.4. The average molecular weight is 466 g/mol. The first-order chi connectivity index (χ1) is 15.5. The average Bonchev–Trinajstić information content (AvgIpc) is 3.48. The second-order valence-electron chi connectivity index (χ2n) is 6.98. The first-order valence-corrected chi connectivity index (χ1v) is 11.2. The minimum Gasteiger partial charge on any atom is -0.463 e. The quantitative estimate of drug-likeness (QED) is 0.232. The molecule has 0 aliphatic heterocycles. The van der Waals surface area contributed by atoms with Gasteiger partial charge < -0.3 is 4.42 Å². The number of halogens is 1. The number of hydrogen-bond donors (Lipinski definition) is 1. The van der Waals surface area contributed by atoms with E-state index >= 15 is 0 Å². The number of amides is 1. The molecular formula is C23H20ClN5O2S. The van der Waals surface area contributed by atoms with E-state index in [4.69, 9.17) is 16.0 Å². The van der Waals surface area contributed by atoms with Gasteiger partial charge in [0.05, 0.1) is 12.0 Å². The highest BCUT2D eigenvalue weighted by atomic mass is 35.5.